The van der Waals surface area contributed by atoms with E-state index >= 15 is 0 Å². The van der Waals surface area contributed by atoms with Crippen LogP contribution in [0.15, 0.2) is 54.6 Å². The normalized spacial score (nSPS) is 21.1. The summed E-state index contributed by atoms with van der Waals surface area (Å²) in [4.78, 5) is 0. The van der Waals surface area contributed by atoms with Crippen molar-refractivity contribution in [2.75, 3.05) is 7.11 Å². The Kier molecular flexibility index (Phi) is 3.51. The van der Waals surface area contributed by atoms with Gasteiger partial charge in [-0.2, -0.15) is 0 Å². The molecule has 0 bridgehead atoms. The Morgan fingerprint density at radius 1 is 1.05 bits per heavy atom. The Morgan fingerprint density at radius 2 is 1.79 bits per heavy atom. The number of hydrogen-bond donors (Lipinski definition) is 1. The van der Waals surface area contributed by atoms with Crippen molar-refractivity contribution in [3.8, 4) is 5.75 Å². The van der Waals surface area contributed by atoms with Gasteiger partial charge in [0.25, 0.3) is 0 Å². The van der Waals surface area contributed by atoms with Crippen LogP contribution in [-0.2, 0) is 6.54 Å². The van der Waals surface area contributed by atoms with Crippen molar-refractivity contribution in [3.63, 3.8) is 0 Å². The summed E-state index contributed by atoms with van der Waals surface area (Å²) in [6, 6.07) is 19.6. The van der Waals surface area contributed by atoms with Gasteiger partial charge in [0.2, 0.25) is 0 Å². The molecule has 0 spiro atoms. The molecule has 0 heterocycles. The molecule has 19 heavy (non-hydrogen) atoms. The van der Waals surface area contributed by atoms with E-state index in [2.05, 4.69) is 47.8 Å². The second kappa shape index (κ2) is 5.45. The highest BCUT2D eigenvalue weighted by molar-refractivity contribution is 5.29. The van der Waals surface area contributed by atoms with Gasteiger partial charge in [-0.3, -0.25) is 0 Å². The molecule has 1 saturated carbocycles. The molecule has 98 valence electrons. The van der Waals surface area contributed by atoms with E-state index in [0.29, 0.717) is 12.0 Å². The fraction of sp³-hybridized carbons (Fsp3) is 0.294. The Morgan fingerprint density at radius 3 is 2.47 bits per heavy atom. The summed E-state index contributed by atoms with van der Waals surface area (Å²) in [6.07, 6.45) is 1.25. The van der Waals surface area contributed by atoms with E-state index in [1.165, 1.54) is 17.5 Å². The molecule has 1 fully saturated rings. The lowest BCUT2D eigenvalue weighted by Crippen LogP contribution is -2.17. The molecule has 0 saturated heterocycles. The molecule has 0 aliphatic heterocycles. The Balaban J connectivity index is 1.51. The second-order valence-electron chi connectivity index (χ2n) is 5.09. The maximum atomic E-state index is 5.16. The molecule has 2 heteroatoms. The highest BCUT2D eigenvalue weighted by atomic mass is 16.5. The zero-order valence-electron chi connectivity index (χ0n) is 11.2. The molecule has 2 unspecified atom stereocenters. The minimum Gasteiger partial charge on any atom is -0.497 e. The Labute approximate surface area is 114 Å². The summed E-state index contributed by atoms with van der Waals surface area (Å²) in [5.41, 5.74) is 2.76. The molecule has 1 aliphatic carbocycles. The highest BCUT2D eigenvalue weighted by Gasteiger charge is 2.37. The molecular weight excluding hydrogens is 234 g/mol. The van der Waals surface area contributed by atoms with E-state index in [0.717, 1.165) is 12.3 Å². The monoisotopic (exact) mass is 253 g/mol. The van der Waals surface area contributed by atoms with Crippen molar-refractivity contribution < 1.29 is 4.74 Å². The summed E-state index contributed by atoms with van der Waals surface area (Å²) in [6.45, 7) is 0.929. The molecule has 0 radical (unpaired) electrons. The molecular formula is C17H19NO. The summed E-state index contributed by atoms with van der Waals surface area (Å²) in [5, 5.41) is 3.62. The zero-order chi connectivity index (χ0) is 13.1. The smallest absolute Gasteiger partial charge is 0.118 e. The zero-order valence-corrected chi connectivity index (χ0v) is 11.2. The topological polar surface area (TPSA) is 21.3 Å². The third-order valence-electron chi connectivity index (χ3n) is 3.75. The number of rotatable bonds is 5. The standard InChI is InChI=1S/C17H19NO/c1-19-15-9-7-13(8-10-15)12-18-17-11-16(17)14-5-3-2-4-6-14/h2-10,16-18H,11-12H2,1H3. The van der Waals surface area contributed by atoms with Gasteiger partial charge in [-0.25, -0.2) is 0 Å². The van der Waals surface area contributed by atoms with Crippen molar-refractivity contribution in [2.24, 2.45) is 0 Å². The first kappa shape index (κ1) is 12.2. The Bertz CT molecular complexity index is 521. The highest BCUT2D eigenvalue weighted by Crippen LogP contribution is 2.40. The minimum atomic E-state index is 0.629. The summed E-state index contributed by atoms with van der Waals surface area (Å²) < 4.78 is 5.16. The average Bonchev–Trinajstić information content (AvgIpc) is 3.26. The molecule has 2 aromatic carbocycles. The van der Waals surface area contributed by atoms with Crippen molar-refractivity contribution in [3.05, 3.63) is 65.7 Å². The SMILES string of the molecule is COc1ccc(CNC2CC2c2ccccc2)cc1. The van der Waals surface area contributed by atoms with Crippen LogP contribution in [0.2, 0.25) is 0 Å². The molecule has 0 aromatic heterocycles. The Hall–Kier alpha value is -1.80. The minimum absolute atomic E-state index is 0.629. The van der Waals surface area contributed by atoms with Crippen LogP contribution in [-0.4, -0.2) is 13.2 Å². The predicted octanol–water partition coefficient (Wildman–Crippen LogP) is 3.34. The van der Waals surface area contributed by atoms with Crippen LogP contribution in [0.1, 0.15) is 23.5 Å². The fourth-order valence-electron chi connectivity index (χ4n) is 2.48. The summed E-state index contributed by atoms with van der Waals surface area (Å²) >= 11 is 0. The van der Waals surface area contributed by atoms with Crippen LogP contribution in [0.3, 0.4) is 0 Å². The molecule has 3 rings (SSSR count). The summed E-state index contributed by atoms with van der Waals surface area (Å²) in [5.74, 6) is 1.61. The first-order valence-corrected chi connectivity index (χ1v) is 6.78. The van der Waals surface area contributed by atoms with Crippen molar-refractivity contribution in [1.82, 2.24) is 5.32 Å². The molecule has 1 aliphatic rings. The quantitative estimate of drug-likeness (QED) is 0.882. The molecule has 1 N–H and O–H groups in total. The van der Waals surface area contributed by atoms with Crippen molar-refractivity contribution >= 4 is 0 Å². The lowest BCUT2D eigenvalue weighted by Gasteiger charge is -2.06. The van der Waals surface area contributed by atoms with Gasteiger partial charge in [0, 0.05) is 18.5 Å². The largest absolute Gasteiger partial charge is 0.497 e. The number of methoxy groups -OCH3 is 1. The maximum Gasteiger partial charge on any atom is 0.118 e. The van der Waals surface area contributed by atoms with Crippen LogP contribution in [0.5, 0.6) is 5.75 Å². The molecule has 2 atom stereocenters. The number of hydrogen-bond acceptors (Lipinski definition) is 2. The number of nitrogens with one attached hydrogen (secondary N) is 1. The van der Waals surface area contributed by atoms with Gasteiger partial charge in [-0.15, -0.1) is 0 Å². The van der Waals surface area contributed by atoms with E-state index in [4.69, 9.17) is 4.74 Å². The van der Waals surface area contributed by atoms with Crippen molar-refractivity contribution in [2.45, 2.75) is 24.9 Å². The summed E-state index contributed by atoms with van der Waals surface area (Å²) in [7, 11) is 1.70. The lowest BCUT2D eigenvalue weighted by molar-refractivity contribution is 0.414. The maximum absolute atomic E-state index is 5.16. The van der Waals surface area contributed by atoms with E-state index in [9.17, 15) is 0 Å². The number of ether oxygens (including phenoxy) is 1. The first-order valence-electron chi connectivity index (χ1n) is 6.78. The van der Waals surface area contributed by atoms with Gasteiger partial charge < -0.3 is 10.1 Å². The van der Waals surface area contributed by atoms with E-state index in [1.54, 1.807) is 7.11 Å². The van der Waals surface area contributed by atoms with Crippen LogP contribution >= 0.6 is 0 Å². The lowest BCUT2D eigenvalue weighted by atomic mass is 10.1. The van der Waals surface area contributed by atoms with E-state index in [1.807, 2.05) is 12.1 Å². The van der Waals surface area contributed by atoms with Crippen LogP contribution < -0.4 is 10.1 Å². The van der Waals surface area contributed by atoms with Crippen LogP contribution in [0.25, 0.3) is 0 Å². The van der Waals surface area contributed by atoms with Crippen molar-refractivity contribution in [1.29, 1.82) is 0 Å². The van der Waals surface area contributed by atoms with Crippen LogP contribution in [0, 0.1) is 0 Å². The fourth-order valence-corrected chi connectivity index (χ4v) is 2.48. The van der Waals surface area contributed by atoms with Crippen LogP contribution in [0.4, 0.5) is 0 Å². The molecule has 2 aromatic rings. The van der Waals surface area contributed by atoms with Gasteiger partial charge >= 0.3 is 0 Å². The van der Waals surface area contributed by atoms with Gasteiger partial charge in [0.1, 0.15) is 5.75 Å². The van der Waals surface area contributed by atoms with E-state index in [-0.39, 0.29) is 0 Å². The predicted molar refractivity (Wildman–Crippen MR) is 77.4 cm³/mol. The van der Waals surface area contributed by atoms with Gasteiger partial charge in [0.05, 0.1) is 7.11 Å². The third kappa shape index (κ3) is 2.96. The van der Waals surface area contributed by atoms with Gasteiger partial charge in [-0.1, -0.05) is 42.5 Å². The average molecular weight is 253 g/mol. The first-order chi connectivity index (χ1) is 9.36. The van der Waals surface area contributed by atoms with Gasteiger partial charge in [0.15, 0.2) is 0 Å². The number of benzene rings is 2. The van der Waals surface area contributed by atoms with E-state index < -0.39 is 0 Å². The molecule has 2 nitrogen and oxygen atoms in total. The second-order valence-corrected chi connectivity index (χ2v) is 5.09. The molecule has 0 amide bonds. The third-order valence-corrected chi connectivity index (χ3v) is 3.75. The van der Waals surface area contributed by atoms with Gasteiger partial charge in [-0.05, 0) is 29.7 Å².